The molecule has 9 heteroatoms. The van der Waals surface area contributed by atoms with Gasteiger partial charge in [0.2, 0.25) is 0 Å². The van der Waals surface area contributed by atoms with Crippen LogP contribution >= 0.6 is 24.0 Å². The molecule has 172 valence electrons. The Morgan fingerprint density at radius 3 is 2.55 bits per heavy atom. The highest BCUT2D eigenvalue weighted by atomic mass is 127. The number of aromatic nitrogens is 1. The highest BCUT2D eigenvalue weighted by Crippen LogP contribution is 2.26. The molecule has 0 aliphatic rings. The minimum Gasteiger partial charge on any atom is -0.497 e. The third-order valence-electron chi connectivity index (χ3n) is 4.64. The Morgan fingerprint density at radius 2 is 1.97 bits per heavy atom. The van der Waals surface area contributed by atoms with Gasteiger partial charge in [0.15, 0.2) is 5.96 Å². The van der Waals surface area contributed by atoms with Gasteiger partial charge >= 0.3 is 6.61 Å². The van der Waals surface area contributed by atoms with E-state index in [0.29, 0.717) is 36.3 Å². The molecule has 2 N–H and O–H groups in total. The van der Waals surface area contributed by atoms with Crippen LogP contribution < -0.4 is 20.1 Å². The number of pyridine rings is 1. The van der Waals surface area contributed by atoms with Crippen molar-refractivity contribution in [3.63, 3.8) is 0 Å². The summed E-state index contributed by atoms with van der Waals surface area (Å²) in [5.74, 6) is 1.88. The molecule has 0 amide bonds. The molecule has 0 bridgehead atoms. The van der Waals surface area contributed by atoms with E-state index in [4.69, 9.17) is 4.74 Å². The Bertz CT molecular complexity index is 807. The maximum Gasteiger partial charge on any atom is 0.387 e. The maximum absolute atomic E-state index is 12.7. The van der Waals surface area contributed by atoms with Crippen LogP contribution in [0.3, 0.4) is 0 Å². The minimum atomic E-state index is -2.90. The van der Waals surface area contributed by atoms with Gasteiger partial charge in [0, 0.05) is 37.0 Å². The van der Waals surface area contributed by atoms with E-state index in [1.165, 1.54) is 13.2 Å². The van der Waals surface area contributed by atoms with Crippen molar-refractivity contribution in [1.82, 2.24) is 15.6 Å². The quantitative estimate of drug-likeness (QED) is 0.254. The van der Waals surface area contributed by atoms with Crippen LogP contribution in [0.15, 0.2) is 47.7 Å². The Labute approximate surface area is 199 Å². The molecule has 1 aromatic carbocycles. The number of rotatable bonds is 10. The number of methoxy groups -OCH3 is 1. The molecule has 0 aliphatic heterocycles. The summed E-state index contributed by atoms with van der Waals surface area (Å²) in [6.07, 6.45) is 3.63. The SMILES string of the molecule is CCNC(=NCc1cc(OC)ccc1OC(F)F)NCC(c1cccnc1)C(C)C.I. The summed E-state index contributed by atoms with van der Waals surface area (Å²) < 4.78 is 35.3. The Morgan fingerprint density at radius 1 is 1.19 bits per heavy atom. The molecule has 0 fully saturated rings. The average Bonchev–Trinajstić information content (AvgIpc) is 2.73. The van der Waals surface area contributed by atoms with Crippen LogP contribution in [0.1, 0.15) is 37.8 Å². The fourth-order valence-electron chi connectivity index (χ4n) is 3.06. The normalized spacial score (nSPS) is 12.3. The number of benzene rings is 1. The number of halogens is 3. The Balaban J connectivity index is 0.00000480. The van der Waals surface area contributed by atoms with Crippen LogP contribution in [0.25, 0.3) is 0 Å². The van der Waals surface area contributed by atoms with Gasteiger partial charge in [0.1, 0.15) is 11.5 Å². The molecule has 0 aliphatic carbocycles. The number of aliphatic imine (C=N–C) groups is 1. The van der Waals surface area contributed by atoms with Crippen molar-refractivity contribution in [3.8, 4) is 11.5 Å². The summed E-state index contributed by atoms with van der Waals surface area (Å²) in [4.78, 5) is 8.77. The summed E-state index contributed by atoms with van der Waals surface area (Å²) in [5, 5.41) is 6.54. The molecule has 0 saturated heterocycles. The number of hydrogen-bond donors (Lipinski definition) is 2. The Hall–Kier alpha value is -2.17. The molecule has 0 radical (unpaired) electrons. The Kier molecular flexibility index (Phi) is 12.1. The smallest absolute Gasteiger partial charge is 0.387 e. The van der Waals surface area contributed by atoms with Crippen molar-refractivity contribution in [2.45, 2.75) is 39.8 Å². The highest BCUT2D eigenvalue weighted by molar-refractivity contribution is 14.0. The first-order valence-corrected chi connectivity index (χ1v) is 9.98. The van der Waals surface area contributed by atoms with Gasteiger partial charge in [0.25, 0.3) is 0 Å². The molecule has 1 atom stereocenters. The second kappa shape index (κ2) is 14.0. The summed E-state index contributed by atoms with van der Waals surface area (Å²) in [6, 6.07) is 8.69. The van der Waals surface area contributed by atoms with Crippen molar-refractivity contribution >= 4 is 29.9 Å². The summed E-state index contributed by atoms with van der Waals surface area (Å²) in [6.45, 7) is 4.88. The molecule has 1 unspecified atom stereocenters. The lowest BCUT2D eigenvalue weighted by molar-refractivity contribution is -0.0504. The van der Waals surface area contributed by atoms with Gasteiger partial charge in [-0.2, -0.15) is 8.78 Å². The lowest BCUT2D eigenvalue weighted by Crippen LogP contribution is -2.40. The molecule has 2 aromatic rings. The summed E-state index contributed by atoms with van der Waals surface area (Å²) in [7, 11) is 1.52. The fourth-order valence-corrected chi connectivity index (χ4v) is 3.06. The number of nitrogens with zero attached hydrogens (tertiary/aromatic N) is 2. The first-order valence-electron chi connectivity index (χ1n) is 9.98. The zero-order valence-corrected chi connectivity index (χ0v) is 20.6. The van der Waals surface area contributed by atoms with Crippen molar-refractivity contribution < 1.29 is 18.3 Å². The van der Waals surface area contributed by atoms with Crippen LogP contribution in [0, 0.1) is 5.92 Å². The maximum atomic E-state index is 12.7. The van der Waals surface area contributed by atoms with Gasteiger partial charge in [-0.3, -0.25) is 4.98 Å². The van der Waals surface area contributed by atoms with Crippen molar-refractivity contribution in [3.05, 3.63) is 53.9 Å². The topological polar surface area (TPSA) is 67.8 Å². The summed E-state index contributed by atoms with van der Waals surface area (Å²) in [5.41, 5.74) is 1.66. The number of hydrogen-bond acceptors (Lipinski definition) is 4. The second-order valence-corrected chi connectivity index (χ2v) is 7.07. The monoisotopic (exact) mass is 548 g/mol. The van der Waals surface area contributed by atoms with Crippen LogP contribution in [0.4, 0.5) is 8.78 Å². The third kappa shape index (κ3) is 8.84. The second-order valence-electron chi connectivity index (χ2n) is 7.07. The van der Waals surface area contributed by atoms with E-state index >= 15 is 0 Å². The zero-order chi connectivity index (χ0) is 21.9. The molecule has 1 heterocycles. The van der Waals surface area contributed by atoms with Crippen LogP contribution in [0.5, 0.6) is 11.5 Å². The van der Waals surface area contributed by atoms with Gasteiger partial charge in [-0.1, -0.05) is 19.9 Å². The number of alkyl halides is 2. The fraction of sp³-hybridized carbons (Fsp3) is 0.455. The molecular weight excluding hydrogens is 517 g/mol. The molecule has 1 aromatic heterocycles. The van der Waals surface area contributed by atoms with Crippen LogP contribution in [0.2, 0.25) is 0 Å². The summed E-state index contributed by atoms with van der Waals surface area (Å²) >= 11 is 0. The van der Waals surface area contributed by atoms with Gasteiger partial charge in [0.05, 0.1) is 13.7 Å². The standard InChI is InChI=1S/C22H30F2N4O2.HI/c1-5-26-22(28-14-19(15(2)3)16-7-6-10-25-12-16)27-13-17-11-18(29-4)8-9-20(17)30-21(23)24;/h6-12,15,19,21H,5,13-14H2,1-4H3,(H2,26,27,28);1H. The van der Waals surface area contributed by atoms with Crippen LogP contribution in [-0.2, 0) is 6.54 Å². The average molecular weight is 548 g/mol. The molecule has 31 heavy (non-hydrogen) atoms. The first-order chi connectivity index (χ1) is 14.4. The van der Waals surface area contributed by atoms with E-state index in [9.17, 15) is 8.78 Å². The predicted molar refractivity (Wildman–Crippen MR) is 130 cm³/mol. The van der Waals surface area contributed by atoms with Gasteiger partial charge in [-0.05, 0) is 42.7 Å². The minimum absolute atomic E-state index is 0. The van der Waals surface area contributed by atoms with E-state index < -0.39 is 6.61 Å². The largest absolute Gasteiger partial charge is 0.497 e. The number of nitrogens with one attached hydrogen (secondary N) is 2. The van der Waals surface area contributed by atoms with E-state index in [2.05, 4.69) is 45.3 Å². The molecular formula is C22H31F2IN4O2. The van der Waals surface area contributed by atoms with Crippen molar-refractivity contribution in [2.24, 2.45) is 10.9 Å². The van der Waals surface area contributed by atoms with Crippen LogP contribution in [-0.4, -0.2) is 37.8 Å². The van der Waals surface area contributed by atoms with Crippen molar-refractivity contribution in [1.29, 1.82) is 0 Å². The highest BCUT2D eigenvalue weighted by Gasteiger charge is 2.17. The molecule has 2 rings (SSSR count). The lowest BCUT2D eigenvalue weighted by Gasteiger charge is -2.23. The lowest BCUT2D eigenvalue weighted by atomic mass is 9.89. The van der Waals surface area contributed by atoms with E-state index in [1.807, 2.05) is 19.2 Å². The third-order valence-corrected chi connectivity index (χ3v) is 4.64. The molecule has 0 saturated carbocycles. The predicted octanol–water partition coefficient (Wildman–Crippen LogP) is 4.80. The first kappa shape index (κ1) is 26.9. The number of ether oxygens (including phenoxy) is 2. The van der Waals surface area contributed by atoms with E-state index in [-0.39, 0.29) is 42.2 Å². The van der Waals surface area contributed by atoms with Gasteiger partial charge < -0.3 is 20.1 Å². The van der Waals surface area contributed by atoms with E-state index in [0.717, 1.165) is 5.56 Å². The van der Waals surface area contributed by atoms with E-state index in [1.54, 1.807) is 18.3 Å². The van der Waals surface area contributed by atoms with Gasteiger partial charge in [-0.25, -0.2) is 4.99 Å². The van der Waals surface area contributed by atoms with Crippen molar-refractivity contribution in [2.75, 3.05) is 20.2 Å². The van der Waals surface area contributed by atoms with Gasteiger partial charge in [-0.15, -0.1) is 24.0 Å². The zero-order valence-electron chi connectivity index (χ0n) is 18.3. The molecule has 0 spiro atoms. The number of guanidine groups is 1. The molecule has 6 nitrogen and oxygen atoms in total.